The fraction of sp³-hybridized carbons (Fsp3) is 0.250. The average molecular weight is 504 g/mol. The molecule has 37 heavy (non-hydrogen) atoms. The molecule has 0 spiro atoms. The van der Waals surface area contributed by atoms with Crippen LogP contribution in [0.3, 0.4) is 0 Å². The van der Waals surface area contributed by atoms with Crippen molar-refractivity contribution in [2.45, 2.75) is 12.0 Å². The van der Waals surface area contributed by atoms with E-state index in [1.54, 1.807) is 25.6 Å². The van der Waals surface area contributed by atoms with Crippen LogP contribution in [0.15, 0.2) is 73.1 Å². The number of aromatic nitrogens is 2. The van der Waals surface area contributed by atoms with Gasteiger partial charge in [-0.25, -0.2) is 18.6 Å². The number of anilines is 1. The van der Waals surface area contributed by atoms with Gasteiger partial charge in [0.1, 0.15) is 0 Å². The first kappa shape index (κ1) is 24.7. The van der Waals surface area contributed by atoms with Gasteiger partial charge in [0.05, 0.1) is 29.5 Å². The Balaban J connectivity index is 1.40. The van der Waals surface area contributed by atoms with Crippen molar-refractivity contribution in [1.82, 2.24) is 20.2 Å². The molecule has 0 bridgehead atoms. The molecule has 1 aliphatic heterocycles. The van der Waals surface area contributed by atoms with Crippen LogP contribution in [0.5, 0.6) is 0 Å². The van der Waals surface area contributed by atoms with E-state index < -0.39 is 17.7 Å². The summed E-state index contributed by atoms with van der Waals surface area (Å²) in [4.78, 5) is 24.4. The zero-order valence-electron chi connectivity index (χ0n) is 20.3. The van der Waals surface area contributed by atoms with E-state index in [4.69, 9.17) is 9.72 Å². The van der Waals surface area contributed by atoms with Gasteiger partial charge >= 0.3 is 6.03 Å². The van der Waals surface area contributed by atoms with Crippen molar-refractivity contribution in [3.8, 4) is 11.3 Å². The summed E-state index contributed by atoms with van der Waals surface area (Å²) < 4.78 is 32.8. The lowest BCUT2D eigenvalue weighted by Crippen LogP contribution is -2.42. The Labute approximate surface area is 213 Å². The Morgan fingerprint density at radius 2 is 1.95 bits per heavy atom. The van der Waals surface area contributed by atoms with Crippen LogP contribution in [0.25, 0.3) is 22.2 Å². The number of urea groups is 1. The minimum Gasteiger partial charge on any atom is -0.383 e. The molecule has 1 aliphatic rings. The highest BCUT2D eigenvalue weighted by atomic mass is 19.2. The molecule has 2 aromatic heterocycles. The molecule has 5 rings (SSSR count). The lowest BCUT2D eigenvalue weighted by molar-refractivity contribution is 0.159. The number of halogens is 2. The maximum absolute atomic E-state index is 14.0. The number of ether oxygens (including phenoxy) is 1. The first-order chi connectivity index (χ1) is 18.0. The van der Waals surface area contributed by atoms with Crippen molar-refractivity contribution in [1.29, 1.82) is 0 Å². The number of fused-ring (bicyclic) bond motifs is 1. The van der Waals surface area contributed by atoms with E-state index in [1.807, 2.05) is 42.5 Å². The monoisotopic (exact) mass is 503 g/mol. The van der Waals surface area contributed by atoms with Gasteiger partial charge in [-0.2, -0.15) is 0 Å². The molecule has 0 radical (unpaired) electrons. The van der Waals surface area contributed by atoms with E-state index in [2.05, 4.69) is 20.5 Å². The van der Waals surface area contributed by atoms with Crippen LogP contribution >= 0.6 is 0 Å². The molecule has 0 unspecified atom stereocenters. The van der Waals surface area contributed by atoms with Gasteiger partial charge in [-0.05, 0) is 42.0 Å². The first-order valence-corrected chi connectivity index (χ1v) is 12.1. The van der Waals surface area contributed by atoms with Crippen LogP contribution in [0, 0.1) is 11.6 Å². The summed E-state index contributed by atoms with van der Waals surface area (Å²) in [6.07, 6.45) is 3.38. The highest BCUT2D eigenvalue weighted by molar-refractivity contribution is 5.97. The number of amides is 2. The van der Waals surface area contributed by atoms with Crippen molar-refractivity contribution in [2.75, 3.05) is 38.7 Å². The molecule has 1 saturated heterocycles. The second kappa shape index (κ2) is 11.0. The van der Waals surface area contributed by atoms with Gasteiger partial charge in [0.2, 0.25) is 0 Å². The molecule has 2 atom stereocenters. The number of hydrogen-bond acceptors (Lipinski definition) is 5. The van der Waals surface area contributed by atoms with Crippen LogP contribution in [0.1, 0.15) is 11.5 Å². The van der Waals surface area contributed by atoms with Gasteiger partial charge in [-0.1, -0.05) is 24.3 Å². The number of nitrogens with one attached hydrogen (secondary N) is 2. The average Bonchev–Trinajstić information content (AvgIpc) is 3.31. The third-order valence-corrected chi connectivity index (χ3v) is 6.60. The highest BCUT2D eigenvalue weighted by Crippen LogP contribution is 2.31. The number of para-hydroxylation sites is 1. The van der Waals surface area contributed by atoms with E-state index in [0.717, 1.165) is 22.5 Å². The molecule has 2 N–H and O–H groups in total. The molecule has 190 valence electrons. The van der Waals surface area contributed by atoms with Gasteiger partial charge in [-0.15, -0.1) is 0 Å². The zero-order valence-corrected chi connectivity index (χ0v) is 20.3. The molecule has 1 fully saturated rings. The molecule has 9 heteroatoms. The third-order valence-electron chi connectivity index (χ3n) is 6.60. The van der Waals surface area contributed by atoms with Gasteiger partial charge < -0.3 is 15.4 Å². The fourth-order valence-corrected chi connectivity index (χ4v) is 4.78. The first-order valence-electron chi connectivity index (χ1n) is 12.1. The molecule has 2 amide bonds. The number of methoxy groups -OCH3 is 1. The summed E-state index contributed by atoms with van der Waals surface area (Å²) in [5, 5.41) is 6.90. The molecule has 2 aromatic carbocycles. The molecular formula is C28H27F2N5O2. The second-order valence-electron chi connectivity index (χ2n) is 9.06. The molecular weight excluding hydrogens is 476 g/mol. The van der Waals surface area contributed by atoms with Gasteiger partial charge in [0, 0.05) is 56.0 Å². The summed E-state index contributed by atoms with van der Waals surface area (Å²) in [5.41, 5.74) is 3.35. The number of nitrogens with zero attached hydrogens (tertiary/aromatic N) is 3. The molecule has 4 aromatic rings. The Hall–Kier alpha value is -3.95. The van der Waals surface area contributed by atoms with Crippen LogP contribution in [-0.2, 0) is 4.74 Å². The maximum atomic E-state index is 14.0. The Morgan fingerprint density at radius 3 is 2.73 bits per heavy atom. The summed E-state index contributed by atoms with van der Waals surface area (Å²) in [7, 11) is 1.63. The Kier molecular flexibility index (Phi) is 7.34. The Bertz CT molecular complexity index is 1400. The SMILES string of the molecule is COCCN1C[C@@H](NC(=O)Nc2cc3ccccc3nc2-c2cccnc2)[C@H](c2ccc(F)c(F)c2)C1. The van der Waals surface area contributed by atoms with Crippen molar-refractivity contribution in [3.63, 3.8) is 0 Å². The van der Waals surface area contributed by atoms with Crippen molar-refractivity contribution >= 4 is 22.6 Å². The predicted molar refractivity (Wildman–Crippen MR) is 138 cm³/mol. The zero-order chi connectivity index (χ0) is 25.8. The molecule has 3 heterocycles. The number of carbonyl (C=O) groups excluding carboxylic acids is 1. The normalized spacial score (nSPS) is 17.7. The molecule has 7 nitrogen and oxygen atoms in total. The van der Waals surface area contributed by atoms with E-state index in [-0.39, 0.29) is 12.0 Å². The van der Waals surface area contributed by atoms with Gasteiger partial charge in [0.15, 0.2) is 11.6 Å². The minimum absolute atomic E-state index is 0.217. The number of likely N-dealkylation sites (tertiary alicyclic amines) is 1. The van der Waals surface area contributed by atoms with Crippen molar-refractivity contribution < 1.29 is 18.3 Å². The number of benzene rings is 2. The quantitative estimate of drug-likeness (QED) is 0.378. The Morgan fingerprint density at radius 1 is 1.08 bits per heavy atom. The third kappa shape index (κ3) is 5.58. The van der Waals surface area contributed by atoms with E-state index in [9.17, 15) is 13.6 Å². The fourth-order valence-electron chi connectivity index (χ4n) is 4.78. The smallest absolute Gasteiger partial charge is 0.319 e. The number of rotatable bonds is 7. The van der Waals surface area contributed by atoms with Gasteiger partial charge in [0.25, 0.3) is 0 Å². The largest absolute Gasteiger partial charge is 0.383 e. The molecule has 0 aliphatic carbocycles. The summed E-state index contributed by atoms with van der Waals surface area (Å²) in [5.74, 6) is -2.02. The van der Waals surface area contributed by atoms with E-state index in [0.29, 0.717) is 43.2 Å². The maximum Gasteiger partial charge on any atom is 0.319 e. The molecule has 0 saturated carbocycles. The van der Waals surface area contributed by atoms with Crippen molar-refractivity contribution in [2.24, 2.45) is 0 Å². The van der Waals surface area contributed by atoms with Crippen LogP contribution in [0.4, 0.5) is 19.3 Å². The van der Waals surface area contributed by atoms with Crippen LogP contribution in [-0.4, -0.2) is 60.3 Å². The second-order valence-corrected chi connectivity index (χ2v) is 9.06. The highest BCUT2D eigenvalue weighted by Gasteiger charge is 2.35. The number of pyridine rings is 2. The van der Waals surface area contributed by atoms with E-state index in [1.165, 1.54) is 6.07 Å². The lowest BCUT2D eigenvalue weighted by atomic mass is 9.94. The van der Waals surface area contributed by atoms with E-state index >= 15 is 0 Å². The minimum atomic E-state index is -0.903. The summed E-state index contributed by atoms with van der Waals surface area (Å²) >= 11 is 0. The summed E-state index contributed by atoms with van der Waals surface area (Å²) in [6, 6.07) is 16.4. The predicted octanol–water partition coefficient (Wildman–Crippen LogP) is 4.81. The van der Waals surface area contributed by atoms with Gasteiger partial charge in [-0.3, -0.25) is 9.88 Å². The topological polar surface area (TPSA) is 79.4 Å². The number of carbonyl (C=O) groups is 1. The van der Waals surface area contributed by atoms with Crippen molar-refractivity contribution in [3.05, 3.63) is 90.3 Å². The standard InChI is InChI=1S/C28H27F2N5O2/c1-37-12-11-35-16-21(18-8-9-22(29)23(30)13-18)26(17-35)34-28(36)33-25-14-19-5-2-3-7-24(19)32-27(25)20-6-4-10-31-15-20/h2-10,13-15,21,26H,11-12,16-17H2,1H3,(H2,33,34,36)/t21-,26+/m0/s1. The van der Waals surface area contributed by atoms with Crippen LogP contribution in [0.2, 0.25) is 0 Å². The lowest BCUT2D eigenvalue weighted by Gasteiger charge is -2.21. The van der Waals surface area contributed by atoms with Crippen LogP contribution < -0.4 is 10.6 Å². The number of hydrogen-bond donors (Lipinski definition) is 2. The summed E-state index contributed by atoms with van der Waals surface area (Å²) in [6.45, 7) is 2.32.